The van der Waals surface area contributed by atoms with Gasteiger partial charge in [-0.2, -0.15) is 13.2 Å². The van der Waals surface area contributed by atoms with Crippen LogP contribution in [-0.2, 0) is 23.9 Å². The first kappa shape index (κ1) is 24.9. The van der Waals surface area contributed by atoms with Gasteiger partial charge in [0.15, 0.2) is 5.78 Å². The number of aromatic nitrogens is 1. The van der Waals surface area contributed by atoms with Gasteiger partial charge in [0, 0.05) is 28.8 Å². The van der Waals surface area contributed by atoms with Crippen molar-refractivity contribution in [2.45, 2.75) is 36.5 Å². The lowest BCUT2D eigenvalue weighted by Crippen LogP contribution is -2.44. The van der Waals surface area contributed by atoms with Crippen LogP contribution in [0.5, 0.6) is 0 Å². The highest BCUT2D eigenvalue weighted by molar-refractivity contribution is 7.99. The summed E-state index contributed by atoms with van der Waals surface area (Å²) in [6, 6.07) is 12.3. The summed E-state index contributed by atoms with van der Waals surface area (Å²) in [5, 5.41) is 0. The van der Waals surface area contributed by atoms with Crippen LogP contribution >= 0.6 is 11.8 Å². The first-order valence-electron chi connectivity index (χ1n) is 10.8. The molecule has 1 atom stereocenters. The quantitative estimate of drug-likeness (QED) is 0.378. The standard InChI is InChI=1S/C25H21F4N3O2S/c26-18-6-1-15(2-7-18)3-8-21(33)17-5-9-22-20(11-17)32(24(34)19(30)14-35-22)13-16-4-10-23(31-12-16)25(27,28)29/h1-2,4-7,9-12,19H,3,8,13-14,30H2/t19-/m0/s1. The van der Waals surface area contributed by atoms with Crippen LogP contribution in [0.2, 0.25) is 0 Å². The van der Waals surface area contributed by atoms with Crippen LogP contribution in [-0.4, -0.2) is 28.5 Å². The number of alkyl halides is 3. The zero-order chi connectivity index (χ0) is 25.2. The third kappa shape index (κ3) is 5.88. The number of fused-ring (bicyclic) bond motifs is 1. The molecule has 4 rings (SSSR count). The summed E-state index contributed by atoms with van der Waals surface area (Å²) in [4.78, 5) is 31.5. The number of aryl methyl sites for hydroxylation is 1. The molecule has 2 N–H and O–H groups in total. The first-order valence-corrected chi connectivity index (χ1v) is 11.7. The van der Waals surface area contributed by atoms with Gasteiger partial charge in [0.05, 0.1) is 18.3 Å². The monoisotopic (exact) mass is 503 g/mol. The molecule has 0 saturated heterocycles. The number of pyridine rings is 1. The fourth-order valence-electron chi connectivity index (χ4n) is 3.68. The molecule has 0 bridgehead atoms. The number of Topliss-reactive ketones (excluding diaryl/α,β-unsaturated/α-hetero) is 1. The van der Waals surface area contributed by atoms with Crippen molar-refractivity contribution in [2.75, 3.05) is 10.7 Å². The number of rotatable bonds is 6. The van der Waals surface area contributed by atoms with E-state index in [4.69, 9.17) is 5.73 Å². The minimum absolute atomic E-state index is 0.0432. The lowest BCUT2D eigenvalue weighted by Gasteiger charge is -2.25. The number of carbonyl (C=O) groups excluding carboxylic acids is 2. The summed E-state index contributed by atoms with van der Waals surface area (Å²) in [7, 11) is 0. The number of hydrogen-bond acceptors (Lipinski definition) is 5. The third-order valence-electron chi connectivity index (χ3n) is 5.58. The van der Waals surface area contributed by atoms with E-state index in [-0.39, 0.29) is 24.6 Å². The molecule has 182 valence electrons. The number of nitrogens with two attached hydrogens (primary N) is 1. The Kier molecular flexibility index (Phi) is 7.23. The van der Waals surface area contributed by atoms with Crippen LogP contribution in [0, 0.1) is 5.82 Å². The summed E-state index contributed by atoms with van der Waals surface area (Å²) in [5.41, 5.74) is 7.09. The predicted octanol–water partition coefficient (Wildman–Crippen LogP) is 5.02. The minimum Gasteiger partial charge on any atom is -0.319 e. The normalized spacial score (nSPS) is 16.1. The second-order valence-electron chi connectivity index (χ2n) is 8.12. The van der Waals surface area contributed by atoms with Gasteiger partial charge in [-0.25, -0.2) is 4.39 Å². The number of ketones is 1. The van der Waals surface area contributed by atoms with Crippen molar-refractivity contribution in [1.29, 1.82) is 0 Å². The zero-order valence-electron chi connectivity index (χ0n) is 18.4. The van der Waals surface area contributed by atoms with Crippen molar-refractivity contribution in [3.63, 3.8) is 0 Å². The zero-order valence-corrected chi connectivity index (χ0v) is 19.2. The number of carbonyl (C=O) groups is 2. The number of hydrogen-bond donors (Lipinski definition) is 1. The maximum absolute atomic E-state index is 13.1. The highest BCUT2D eigenvalue weighted by atomic mass is 32.2. The van der Waals surface area contributed by atoms with Crippen molar-refractivity contribution in [3.8, 4) is 0 Å². The molecule has 1 aliphatic rings. The Morgan fingerprint density at radius 1 is 1.09 bits per heavy atom. The second-order valence-corrected chi connectivity index (χ2v) is 9.19. The number of amides is 1. The van der Waals surface area contributed by atoms with E-state index in [1.54, 1.807) is 30.3 Å². The molecule has 2 heterocycles. The molecule has 0 aliphatic carbocycles. The van der Waals surface area contributed by atoms with Crippen molar-refractivity contribution >= 4 is 29.1 Å². The van der Waals surface area contributed by atoms with Gasteiger partial charge in [-0.1, -0.05) is 24.3 Å². The molecular weight excluding hydrogens is 482 g/mol. The largest absolute Gasteiger partial charge is 0.433 e. The maximum Gasteiger partial charge on any atom is 0.433 e. The minimum atomic E-state index is -4.56. The van der Waals surface area contributed by atoms with E-state index in [0.29, 0.717) is 29.0 Å². The molecule has 5 nitrogen and oxygen atoms in total. The SMILES string of the molecule is N[C@H]1CSc2ccc(C(=O)CCc3ccc(F)cc3)cc2N(Cc2ccc(C(F)(F)F)nc2)C1=O. The van der Waals surface area contributed by atoms with E-state index in [9.17, 15) is 27.2 Å². The molecular formula is C25H21F4N3O2S. The van der Waals surface area contributed by atoms with Gasteiger partial charge < -0.3 is 10.6 Å². The molecule has 0 spiro atoms. The molecule has 35 heavy (non-hydrogen) atoms. The Labute approximate surface area is 203 Å². The van der Waals surface area contributed by atoms with Gasteiger partial charge in [-0.3, -0.25) is 14.6 Å². The van der Waals surface area contributed by atoms with Gasteiger partial charge in [0.1, 0.15) is 11.5 Å². The average molecular weight is 504 g/mol. The molecule has 1 aromatic heterocycles. The average Bonchev–Trinajstić information content (AvgIpc) is 2.95. The first-order chi connectivity index (χ1) is 16.6. The number of nitrogens with zero attached hydrogens (tertiary/aromatic N) is 2. The number of anilines is 1. The second kappa shape index (κ2) is 10.2. The molecule has 10 heteroatoms. The Morgan fingerprint density at radius 2 is 1.80 bits per heavy atom. The summed E-state index contributed by atoms with van der Waals surface area (Å²) in [5.74, 6) is -0.577. The highest BCUT2D eigenvalue weighted by Crippen LogP contribution is 2.36. The molecule has 0 unspecified atom stereocenters. The van der Waals surface area contributed by atoms with Crippen molar-refractivity contribution in [2.24, 2.45) is 5.73 Å². The molecule has 3 aromatic rings. The molecule has 0 fully saturated rings. The summed E-state index contributed by atoms with van der Waals surface area (Å²) < 4.78 is 51.7. The third-order valence-corrected chi connectivity index (χ3v) is 6.77. The number of halogens is 4. The van der Waals surface area contributed by atoms with Crippen LogP contribution < -0.4 is 10.6 Å². The smallest absolute Gasteiger partial charge is 0.319 e. The van der Waals surface area contributed by atoms with Crippen LogP contribution in [0.3, 0.4) is 0 Å². The summed E-state index contributed by atoms with van der Waals surface area (Å²) in [6.45, 7) is -0.0432. The Morgan fingerprint density at radius 3 is 2.46 bits per heavy atom. The van der Waals surface area contributed by atoms with Gasteiger partial charge in [-0.05, 0) is 47.9 Å². The highest BCUT2D eigenvalue weighted by Gasteiger charge is 2.33. The maximum atomic E-state index is 13.1. The Bertz CT molecular complexity index is 1230. The number of thioether (sulfide) groups is 1. The summed E-state index contributed by atoms with van der Waals surface area (Å²) >= 11 is 1.37. The van der Waals surface area contributed by atoms with Gasteiger partial charge in [0.2, 0.25) is 5.91 Å². The van der Waals surface area contributed by atoms with Crippen molar-refractivity contribution in [1.82, 2.24) is 4.98 Å². The molecule has 0 saturated carbocycles. The number of benzene rings is 2. The van der Waals surface area contributed by atoms with E-state index in [0.717, 1.165) is 22.7 Å². The lowest BCUT2D eigenvalue weighted by atomic mass is 10.0. The van der Waals surface area contributed by atoms with Crippen LogP contribution in [0.1, 0.15) is 33.6 Å². The van der Waals surface area contributed by atoms with E-state index >= 15 is 0 Å². The Balaban J connectivity index is 1.58. The Hall–Kier alpha value is -3.24. The van der Waals surface area contributed by atoms with E-state index in [2.05, 4.69) is 4.98 Å². The molecule has 2 aromatic carbocycles. The van der Waals surface area contributed by atoms with Gasteiger partial charge in [-0.15, -0.1) is 11.8 Å². The van der Waals surface area contributed by atoms with Crippen molar-refractivity contribution < 1.29 is 27.2 Å². The van der Waals surface area contributed by atoms with E-state index in [1.165, 1.54) is 34.9 Å². The van der Waals surface area contributed by atoms with E-state index < -0.39 is 23.8 Å². The molecule has 0 radical (unpaired) electrons. The fourth-order valence-corrected chi connectivity index (χ4v) is 4.66. The predicted molar refractivity (Wildman–Crippen MR) is 125 cm³/mol. The van der Waals surface area contributed by atoms with Crippen molar-refractivity contribution in [3.05, 3.63) is 89.0 Å². The fraction of sp³-hybridized carbons (Fsp3) is 0.240. The van der Waals surface area contributed by atoms with Crippen LogP contribution in [0.4, 0.5) is 23.2 Å². The van der Waals surface area contributed by atoms with Gasteiger partial charge in [0.25, 0.3) is 0 Å². The van der Waals surface area contributed by atoms with Crippen LogP contribution in [0.15, 0.2) is 65.7 Å². The lowest BCUT2D eigenvalue weighted by molar-refractivity contribution is -0.141. The summed E-state index contributed by atoms with van der Waals surface area (Å²) in [6.07, 6.45) is -2.87. The van der Waals surface area contributed by atoms with E-state index in [1.807, 2.05) is 0 Å². The van der Waals surface area contributed by atoms with Crippen LogP contribution in [0.25, 0.3) is 0 Å². The molecule has 1 aliphatic heterocycles. The molecule has 1 amide bonds. The van der Waals surface area contributed by atoms with Gasteiger partial charge >= 0.3 is 6.18 Å². The topological polar surface area (TPSA) is 76.3 Å².